The van der Waals surface area contributed by atoms with Gasteiger partial charge in [0, 0.05) is 6.04 Å². The maximum absolute atomic E-state index is 5.61. The lowest BCUT2D eigenvalue weighted by Crippen LogP contribution is -2.30. The van der Waals surface area contributed by atoms with Crippen LogP contribution in [0.4, 0.5) is 0 Å². The number of hydrogen-bond donors (Lipinski definition) is 1. The summed E-state index contributed by atoms with van der Waals surface area (Å²) in [5, 5.41) is 0. The van der Waals surface area contributed by atoms with Crippen molar-refractivity contribution in [2.24, 2.45) is 5.92 Å². The van der Waals surface area contributed by atoms with E-state index in [1.807, 2.05) is 0 Å². The van der Waals surface area contributed by atoms with E-state index >= 15 is 0 Å². The summed E-state index contributed by atoms with van der Waals surface area (Å²) in [7, 11) is 0. The molecule has 0 aromatic heterocycles. The first kappa shape index (κ1) is 16.0. The standard InChI is InChI=1S/C16H33NO/c1-15(2)14-18-17-16-12-10-8-6-4-3-5-7-9-11-13-16/h15-17H,3-14H2,1-2H3. The van der Waals surface area contributed by atoms with Gasteiger partial charge in [-0.3, -0.25) is 0 Å². The fourth-order valence-electron chi connectivity index (χ4n) is 2.61. The third-order valence-electron chi connectivity index (χ3n) is 3.77. The lowest BCUT2D eigenvalue weighted by Gasteiger charge is -2.19. The highest BCUT2D eigenvalue weighted by molar-refractivity contribution is 4.64. The first-order valence-electron chi connectivity index (χ1n) is 8.16. The van der Waals surface area contributed by atoms with Crippen molar-refractivity contribution in [2.75, 3.05) is 6.61 Å². The number of hydrogen-bond acceptors (Lipinski definition) is 2. The van der Waals surface area contributed by atoms with Gasteiger partial charge in [-0.1, -0.05) is 71.6 Å². The first-order valence-corrected chi connectivity index (χ1v) is 8.16. The van der Waals surface area contributed by atoms with Crippen LogP contribution in [0.2, 0.25) is 0 Å². The van der Waals surface area contributed by atoms with Crippen molar-refractivity contribution in [1.82, 2.24) is 5.48 Å². The molecule has 0 heterocycles. The number of nitrogens with one attached hydrogen (secondary N) is 1. The zero-order valence-corrected chi connectivity index (χ0v) is 12.5. The monoisotopic (exact) mass is 255 g/mol. The van der Waals surface area contributed by atoms with Gasteiger partial charge in [-0.05, 0) is 18.8 Å². The lowest BCUT2D eigenvalue weighted by atomic mass is 9.98. The van der Waals surface area contributed by atoms with Crippen LogP contribution in [-0.2, 0) is 4.84 Å². The molecule has 0 bridgehead atoms. The summed E-state index contributed by atoms with van der Waals surface area (Å²) < 4.78 is 0. The first-order chi connectivity index (χ1) is 8.79. The van der Waals surface area contributed by atoms with Crippen LogP contribution < -0.4 is 5.48 Å². The molecule has 1 aliphatic rings. The molecule has 1 N–H and O–H groups in total. The quantitative estimate of drug-likeness (QED) is 0.726. The highest BCUT2D eigenvalue weighted by Gasteiger charge is 2.09. The van der Waals surface area contributed by atoms with E-state index in [1.165, 1.54) is 70.6 Å². The highest BCUT2D eigenvalue weighted by Crippen LogP contribution is 2.16. The molecule has 0 spiro atoms. The molecule has 1 fully saturated rings. The van der Waals surface area contributed by atoms with Crippen LogP contribution in [-0.4, -0.2) is 12.6 Å². The maximum atomic E-state index is 5.61. The van der Waals surface area contributed by atoms with Gasteiger partial charge in [-0.15, -0.1) is 0 Å². The number of hydroxylamine groups is 1. The van der Waals surface area contributed by atoms with Crippen molar-refractivity contribution in [1.29, 1.82) is 0 Å². The Balaban J connectivity index is 2.18. The molecule has 108 valence electrons. The van der Waals surface area contributed by atoms with Crippen molar-refractivity contribution in [3.8, 4) is 0 Å². The third-order valence-corrected chi connectivity index (χ3v) is 3.77. The van der Waals surface area contributed by atoms with Crippen LogP contribution >= 0.6 is 0 Å². The Kier molecular flexibility index (Phi) is 9.59. The van der Waals surface area contributed by atoms with Gasteiger partial charge in [0.15, 0.2) is 0 Å². The Labute approximate surface area is 114 Å². The van der Waals surface area contributed by atoms with Crippen LogP contribution in [0.15, 0.2) is 0 Å². The molecule has 1 rings (SSSR count). The van der Waals surface area contributed by atoms with Gasteiger partial charge in [0.05, 0.1) is 6.61 Å². The molecule has 0 radical (unpaired) electrons. The molecule has 0 aromatic carbocycles. The smallest absolute Gasteiger partial charge is 0.0705 e. The average Bonchev–Trinajstić information content (AvgIpc) is 2.31. The zero-order chi connectivity index (χ0) is 13.1. The summed E-state index contributed by atoms with van der Waals surface area (Å²) in [6, 6.07) is 0.586. The minimum atomic E-state index is 0.586. The van der Waals surface area contributed by atoms with E-state index in [0.717, 1.165) is 6.61 Å². The van der Waals surface area contributed by atoms with Crippen LogP contribution in [0, 0.1) is 5.92 Å². The fourth-order valence-corrected chi connectivity index (χ4v) is 2.61. The van der Waals surface area contributed by atoms with E-state index in [0.29, 0.717) is 12.0 Å². The van der Waals surface area contributed by atoms with Crippen molar-refractivity contribution in [3.63, 3.8) is 0 Å². The highest BCUT2D eigenvalue weighted by atomic mass is 16.6. The lowest BCUT2D eigenvalue weighted by molar-refractivity contribution is -0.00378. The Hall–Kier alpha value is -0.0800. The van der Waals surface area contributed by atoms with Gasteiger partial charge in [-0.25, -0.2) is 0 Å². The van der Waals surface area contributed by atoms with Gasteiger partial charge >= 0.3 is 0 Å². The topological polar surface area (TPSA) is 21.3 Å². The Bertz CT molecular complexity index is 170. The van der Waals surface area contributed by atoms with Gasteiger partial charge in [0.1, 0.15) is 0 Å². The minimum absolute atomic E-state index is 0.586. The molecular weight excluding hydrogens is 222 g/mol. The summed E-state index contributed by atoms with van der Waals surface area (Å²) in [5.41, 5.74) is 3.30. The Morgan fingerprint density at radius 1 is 0.833 bits per heavy atom. The van der Waals surface area contributed by atoms with Crippen molar-refractivity contribution >= 4 is 0 Å². The van der Waals surface area contributed by atoms with Crippen LogP contribution in [0.5, 0.6) is 0 Å². The molecule has 18 heavy (non-hydrogen) atoms. The van der Waals surface area contributed by atoms with Crippen LogP contribution in [0.25, 0.3) is 0 Å². The summed E-state index contributed by atoms with van der Waals surface area (Å²) in [6.07, 6.45) is 15.3. The normalized spacial score (nSPS) is 21.5. The van der Waals surface area contributed by atoms with E-state index in [1.54, 1.807) is 0 Å². The van der Waals surface area contributed by atoms with Crippen molar-refractivity contribution < 1.29 is 4.84 Å². The van der Waals surface area contributed by atoms with E-state index in [-0.39, 0.29) is 0 Å². The predicted octanol–water partition coefficient (Wildman–Crippen LogP) is 4.84. The van der Waals surface area contributed by atoms with Crippen molar-refractivity contribution in [2.45, 2.75) is 90.5 Å². The van der Waals surface area contributed by atoms with Gasteiger partial charge in [0.2, 0.25) is 0 Å². The van der Waals surface area contributed by atoms with E-state index in [9.17, 15) is 0 Å². The molecule has 2 nitrogen and oxygen atoms in total. The van der Waals surface area contributed by atoms with E-state index in [2.05, 4.69) is 19.3 Å². The SMILES string of the molecule is CC(C)CONC1CCCCCCCCCCC1. The second kappa shape index (κ2) is 10.8. The van der Waals surface area contributed by atoms with Gasteiger partial charge in [0.25, 0.3) is 0 Å². The molecule has 0 aromatic rings. The predicted molar refractivity (Wildman–Crippen MR) is 78.5 cm³/mol. The summed E-state index contributed by atoms with van der Waals surface area (Å²) in [6.45, 7) is 5.22. The molecule has 1 saturated carbocycles. The van der Waals surface area contributed by atoms with Crippen molar-refractivity contribution in [3.05, 3.63) is 0 Å². The van der Waals surface area contributed by atoms with Crippen LogP contribution in [0.3, 0.4) is 0 Å². The Morgan fingerprint density at radius 3 is 1.72 bits per heavy atom. The van der Waals surface area contributed by atoms with E-state index < -0.39 is 0 Å². The van der Waals surface area contributed by atoms with Crippen LogP contribution in [0.1, 0.15) is 84.5 Å². The number of rotatable bonds is 4. The second-order valence-electron chi connectivity index (χ2n) is 6.28. The summed E-state index contributed by atoms with van der Waals surface area (Å²) in [5.74, 6) is 0.615. The molecule has 1 aliphatic carbocycles. The van der Waals surface area contributed by atoms with Gasteiger partial charge in [-0.2, -0.15) is 5.48 Å². The molecular formula is C16H33NO. The summed E-state index contributed by atoms with van der Waals surface area (Å²) in [4.78, 5) is 5.61. The molecule has 2 heteroatoms. The molecule has 0 unspecified atom stereocenters. The minimum Gasteiger partial charge on any atom is -0.301 e. The molecule has 0 aliphatic heterocycles. The Morgan fingerprint density at radius 2 is 1.28 bits per heavy atom. The van der Waals surface area contributed by atoms with Gasteiger partial charge < -0.3 is 4.84 Å². The second-order valence-corrected chi connectivity index (χ2v) is 6.28. The largest absolute Gasteiger partial charge is 0.301 e. The maximum Gasteiger partial charge on any atom is 0.0705 e. The molecule has 0 saturated heterocycles. The summed E-state index contributed by atoms with van der Waals surface area (Å²) >= 11 is 0. The molecule has 0 atom stereocenters. The van der Waals surface area contributed by atoms with E-state index in [4.69, 9.17) is 4.84 Å². The fraction of sp³-hybridized carbons (Fsp3) is 1.00. The third kappa shape index (κ3) is 8.93. The zero-order valence-electron chi connectivity index (χ0n) is 12.5. The average molecular weight is 255 g/mol. The molecule has 0 amide bonds.